The molecule has 32 heavy (non-hydrogen) atoms. The van der Waals surface area contributed by atoms with Gasteiger partial charge in [-0.05, 0) is 65.1 Å². The van der Waals surface area contributed by atoms with E-state index in [1.165, 1.54) is 33.4 Å². The number of benzene rings is 2. The number of halogens is 1. The van der Waals surface area contributed by atoms with E-state index in [1.54, 1.807) is 0 Å². The van der Waals surface area contributed by atoms with Gasteiger partial charge < -0.3 is 9.84 Å². The van der Waals surface area contributed by atoms with Crippen LogP contribution in [0.25, 0.3) is 5.57 Å². The maximum atomic E-state index is 11.0. The van der Waals surface area contributed by atoms with Gasteiger partial charge in [0.2, 0.25) is 0 Å². The zero-order valence-corrected chi connectivity index (χ0v) is 20.3. The molecule has 2 aromatic carbocycles. The molecule has 2 aliphatic rings. The molecule has 0 spiro atoms. The van der Waals surface area contributed by atoms with Crippen LogP contribution < -0.4 is 4.74 Å². The second-order valence-electron chi connectivity index (χ2n) is 10.0. The van der Waals surface area contributed by atoms with Crippen LogP contribution in [0.4, 0.5) is 0 Å². The van der Waals surface area contributed by atoms with Crippen molar-refractivity contribution < 1.29 is 14.6 Å². The summed E-state index contributed by atoms with van der Waals surface area (Å²) in [6.07, 6.45) is 2.04. The molecule has 1 aliphatic carbocycles. The number of likely N-dealkylation sites (tertiary alicyclic amines) is 1. The van der Waals surface area contributed by atoms with E-state index in [9.17, 15) is 4.79 Å². The van der Waals surface area contributed by atoms with Crippen molar-refractivity contribution in [1.82, 2.24) is 4.90 Å². The number of nitrogens with zero attached hydrogens (tertiary/aromatic N) is 1. The van der Waals surface area contributed by atoms with Crippen molar-refractivity contribution >= 4 is 23.9 Å². The molecule has 0 unspecified atom stereocenters. The van der Waals surface area contributed by atoms with E-state index < -0.39 is 5.97 Å². The second kappa shape index (κ2) is 9.68. The maximum absolute atomic E-state index is 11.0. The summed E-state index contributed by atoms with van der Waals surface area (Å²) >= 11 is 0. The molecular weight excluding hydrogens is 422 g/mol. The lowest BCUT2D eigenvalue weighted by atomic mass is 9.85. The van der Waals surface area contributed by atoms with E-state index in [0.29, 0.717) is 19.7 Å². The van der Waals surface area contributed by atoms with Crippen LogP contribution in [0, 0.1) is 5.92 Å². The monoisotopic (exact) mass is 455 g/mol. The highest BCUT2D eigenvalue weighted by atomic mass is 35.5. The highest BCUT2D eigenvalue weighted by Gasteiger charge is 2.33. The van der Waals surface area contributed by atoms with Crippen molar-refractivity contribution in [3.05, 3.63) is 70.3 Å². The zero-order chi connectivity index (χ0) is 22.2. The molecule has 4 rings (SSSR count). The van der Waals surface area contributed by atoms with Crippen molar-refractivity contribution in [2.24, 2.45) is 5.92 Å². The van der Waals surface area contributed by atoms with Gasteiger partial charge in [-0.15, -0.1) is 12.4 Å². The van der Waals surface area contributed by atoms with Crippen molar-refractivity contribution in [1.29, 1.82) is 0 Å². The highest BCUT2D eigenvalue weighted by molar-refractivity contribution is 5.85. The molecule has 172 valence electrons. The van der Waals surface area contributed by atoms with E-state index in [2.05, 4.69) is 75.1 Å². The van der Waals surface area contributed by atoms with Crippen LogP contribution in [-0.2, 0) is 23.2 Å². The number of carbonyl (C=O) groups is 1. The first-order chi connectivity index (χ1) is 14.7. The van der Waals surface area contributed by atoms with E-state index in [0.717, 1.165) is 25.1 Å². The number of aryl methyl sites for hydroxylation is 1. The molecule has 1 fully saturated rings. The average molecular weight is 456 g/mol. The van der Waals surface area contributed by atoms with Crippen LogP contribution in [0.15, 0.2) is 48.0 Å². The molecule has 1 heterocycles. The molecule has 5 heteroatoms. The van der Waals surface area contributed by atoms with Gasteiger partial charge in [0.15, 0.2) is 0 Å². The second-order valence-corrected chi connectivity index (χ2v) is 10.0. The number of ether oxygens (including phenoxy) is 1. The summed E-state index contributed by atoms with van der Waals surface area (Å²) in [5.74, 6) is 0.0525. The molecule has 0 bridgehead atoms. The lowest BCUT2D eigenvalue weighted by molar-refractivity contribution is -0.147. The third-order valence-corrected chi connectivity index (χ3v) is 6.65. The van der Waals surface area contributed by atoms with E-state index >= 15 is 0 Å². The molecule has 0 saturated carbocycles. The molecule has 4 nitrogen and oxygen atoms in total. The minimum Gasteiger partial charge on any atom is -0.489 e. The molecule has 1 saturated heterocycles. The van der Waals surface area contributed by atoms with Crippen LogP contribution in [0.2, 0.25) is 0 Å². The third-order valence-electron chi connectivity index (χ3n) is 6.65. The first-order valence-electron chi connectivity index (χ1n) is 11.2. The van der Waals surface area contributed by atoms with Crippen molar-refractivity contribution in [3.63, 3.8) is 0 Å². The standard InChI is InChI=1S/C27H33NO3.ClH/c1-18-21(14-28-15-22(16-28)26(29)30)8-7-20-13-24(11-12-25(18)20)31-17-19-5-9-23(10-6-19)27(2,3)4;/h5-6,9-13,22H,7-8,14-17H2,1-4H3,(H,29,30);1H. The SMILES string of the molecule is CC1=C(CN2CC(C(=O)O)C2)CCc2cc(OCc3ccc(C(C)(C)C)cc3)ccc21.Cl. The van der Waals surface area contributed by atoms with Gasteiger partial charge in [0.05, 0.1) is 5.92 Å². The van der Waals surface area contributed by atoms with Crippen molar-refractivity contribution in [2.45, 2.75) is 52.6 Å². The number of hydrogen-bond donors (Lipinski definition) is 1. The lowest BCUT2D eigenvalue weighted by Crippen LogP contribution is -2.50. The highest BCUT2D eigenvalue weighted by Crippen LogP contribution is 2.34. The molecule has 0 radical (unpaired) electrons. The Bertz CT molecular complexity index is 999. The van der Waals surface area contributed by atoms with E-state index in [1.807, 2.05) is 0 Å². The lowest BCUT2D eigenvalue weighted by Gasteiger charge is -2.38. The molecule has 1 N–H and O–H groups in total. The van der Waals surface area contributed by atoms with Gasteiger partial charge in [-0.2, -0.15) is 0 Å². The maximum Gasteiger partial charge on any atom is 0.309 e. The van der Waals surface area contributed by atoms with Gasteiger partial charge >= 0.3 is 5.97 Å². The fraction of sp³-hybridized carbons (Fsp3) is 0.444. The summed E-state index contributed by atoms with van der Waals surface area (Å²) in [6, 6.07) is 15.1. The summed E-state index contributed by atoms with van der Waals surface area (Å²) in [5.41, 5.74) is 8.09. The van der Waals surface area contributed by atoms with Crippen LogP contribution in [0.3, 0.4) is 0 Å². The minimum atomic E-state index is -0.673. The van der Waals surface area contributed by atoms with Gasteiger partial charge in [-0.1, -0.05) is 56.7 Å². The number of rotatable bonds is 6. The zero-order valence-electron chi connectivity index (χ0n) is 19.5. The number of aliphatic carboxylic acids is 1. The Hall–Kier alpha value is -2.30. The van der Waals surface area contributed by atoms with Crippen LogP contribution in [0.1, 0.15) is 56.4 Å². The Morgan fingerprint density at radius 3 is 2.41 bits per heavy atom. The topological polar surface area (TPSA) is 49.8 Å². The number of fused-ring (bicyclic) bond motifs is 1. The van der Waals surface area contributed by atoms with Crippen LogP contribution in [-0.4, -0.2) is 35.6 Å². The quantitative estimate of drug-likeness (QED) is 0.605. The summed E-state index contributed by atoms with van der Waals surface area (Å²) in [4.78, 5) is 13.3. The number of carboxylic acid groups (broad SMARTS) is 1. The molecule has 0 amide bonds. The van der Waals surface area contributed by atoms with E-state index in [-0.39, 0.29) is 23.7 Å². The number of carboxylic acids is 1. The Morgan fingerprint density at radius 1 is 1.09 bits per heavy atom. The van der Waals surface area contributed by atoms with Gasteiger partial charge in [0.25, 0.3) is 0 Å². The molecule has 0 atom stereocenters. The predicted molar refractivity (Wildman–Crippen MR) is 132 cm³/mol. The number of allylic oxidation sites excluding steroid dienone is 1. The summed E-state index contributed by atoms with van der Waals surface area (Å²) in [7, 11) is 0. The average Bonchev–Trinajstić information content (AvgIpc) is 2.69. The first-order valence-corrected chi connectivity index (χ1v) is 11.2. The normalized spacial score (nSPS) is 16.8. The Kier molecular flexibility index (Phi) is 7.36. The van der Waals surface area contributed by atoms with Crippen LogP contribution >= 0.6 is 12.4 Å². The van der Waals surface area contributed by atoms with Crippen molar-refractivity contribution in [3.8, 4) is 5.75 Å². The Labute approximate surface area is 197 Å². The minimum absolute atomic E-state index is 0. The molecule has 0 aromatic heterocycles. The fourth-order valence-corrected chi connectivity index (χ4v) is 4.49. The fourth-order valence-electron chi connectivity index (χ4n) is 4.49. The summed E-state index contributed by atoms with van der Waals surface area (Å²) < 4.78 is 6.09. The predicted octanol–water partition coefficient (Wildman–Crippen LogP) is 5.72. The first kappa shape index (κ1) is 24.3. The van der Waals surface area contributed by atoms with Gasteiger partial charge in [-0.25, -0.2) is 0 Å². The largest absolute Gasteiger partial charge is 0.489 e. The third kappa shape index (κ3) is 5.36. The van der Waals surface area contributed by atoms with Gasteiger partial charge in [0, 0.05) is 19.6 Å². The van der Waals surface area contributed by atoms with Crippen LogP contribution in [0.5, 0.6) is 5.75 Å². The Morgan fingerprint density at radius 2 is 1.78 bits per heavy atom. The summed E-state index contributed by atoms with van der Waals surface area (Å²) in [5, 5.41) is 9.08. The molecule has 2 aromatic rings. The van der Waals surface area contributed by atoms with Gasteiger partial charge in [-0.3, -0.25) is 9.69 Å². The number of hydrogen-bond acceptors (Lipinski definition) is 3. The van der Waals surface area contributed by atoms with Gasteiger partial charge in [0.1, 0.15) is 12.4 Å². The van der Waals surface area contributed by atoms with Crippen molar-refractivity contribution in [2.75, 3.05) is 19.6 Å². The smallest absolute Gasteiger partial charge is 0.309 e. The Balaban J connectivity index is 0.00000289. The van der Waals surface area contributed by atoms with E-state index in [4.69, 9.17) is 9.84 Å². The molecule has 1 aliphatic heterocycles. The molecular formula is C27H34ClNO3. The summed E-state index contributed by atoms with van der Waals surface area (Å²) in [6.45, 7) is 11.7.